The van der Waals surface area contributed by atoms with Gasteiger partial charge in [0.1, 0.15) is 5.69 Å². The summed E-state index contributed by atoms with van der Waals surface area (Å²) in [5, 5.41) is 11.7. The van der Waals surface area contributed by atoms with Crippen LogP contribution in [0.4, 0.5) is 20.2 Å². The molecule has 0 bridgehead atoms. The SMILES string of the molecule is CC1(C)COB(c2ccc(N(CC(F)F)C3CCOCC3)c([N+](=O)[O-])c2)OC1. The summed E-state index contributed by atoms with van der Waals surface area (Å²) in [5.41, 5.74) is 0.355. The maximum Gasteiger partial charge on any atom is 0.494 e. The first kappa shape index (κ1) is 20.9. The van der Waals surface area contributed by atoms with Crippen molar-refractivity contribution in [3.63, 3.8) is 0 Å². The molecule has 2 fully saturated rings. The number of rotatable bonds is 6. The van der Waals surface area contributed by atoms with E-state index < -0.39 is 25.0 Å². The molecule has 0 spiro atoms. The Balaban J connectivity index is 1.89. The Hall–Kier alpha value is -1.78. The summed E-state index contributed by atoms with van der Waals surface area (Å²) in [4.78, 5) is 12.6. The fraction of sp³-hybridized carbons (Fsp3) is 0.667. The zero-order valence-electron chi connectivity index (χ0n) is 16.1. The molecule has 28 heavy (non-hydrogen) atoms. The van der Waals surface area contributed by atoms with E-state index in [0.717, 1.165) is 0 Å². The molecule has 2 heterocycles. The van der Waals surface area contributed by atoms with Gasteiger partial charge in [-0.25, -0.2) is 8.78 Å². The van der Waals surface area contributed by atoms with Crippen LogP contribution in [0.3, 0.4) is 0 Å². The Morgan fingerprint density at radius 3 is 2.50 bits per heavy atom. The molecule has 1 aromatic carbocycles. The molecular formula is C18H25BF2N2O5. The standard InChI is InChI=1S/C18H25BF2N2O5/c1-18(2)11-27-19(28-12-18)13-3-4-15(16(9-13)23(24)25)22(10-17(20)21)14-5-7-26-8-6-14/h3-4,9,14,17H,5-8,10-12H2,1-2H3. The highest BCUT2D eigenvalue weighted by Crippen LogP contribution is 2.32. The number of hydrogen-bond acceptors (Lipinski definition) is 6. The summed E-state index contributed by atoms with van der Waals surface area (Å²) in [7, 11) is -0.701. The van der Waals surface area contributed by atoms with E-state index in [1.807, 2.05) is 13.8 Å². The van der Waals surface area contributed by atoms with Crippen LogP contribution < -0.4 is 10.4 Å². The van der Waals surface area contributed by atoms with Gasteiger partial charge in [0.2, 0.25) is 0 Å². The first-order valence-electron chi connectivity index (χ1n) is 9.41. The van der Waals surface area contributed by atoms with Crippen molar-refractivity contribution in [1.29, 1.82) is 0 Å². The molecule has 0 radical (unpaired) electrons. The lowest BCUT2D eigenvalue weighted by molar-refractivity contribution is -0.384. The molecule has 0 amide bonds. The topological polar surface area (TPSA) is 74.1 Å². The summed E-state index contributed by atoms with van der Waals surface area (Å²) in [6, 6.07) is 4.33. The minimum atomic E-state index is -2.60. The number of benzene rings is 1. The molecule has 1 aromatic rings. The first-order valence-corrected chi connectivity index (χ1v) is 9.41. The first-order chi connectivity index (χ1) is 13.3. The number of anilines is 1. The van der Waals surface area contributed by atoms with Crippen molar-refractivity contribution in [3.05, 3.63) is 28.3 Å². The van der Waals surface area contributed by atoms with Gasteiger partial charge in [0.25, 0.3) is 12.1 Å². The molecule has 10 heteroatoms. The van der Waals surface area contributed by atoms with E-state index in [4.69, 9.17) is 14.0 Å². The Morgan fingerprint density at radius 2 is 1.93 bits per heavy atom. The van der Waals surface area contributed by atoms with Gasteiger partial charge in [-0.1, -0.05) is 19.9 Å². The molecule has 0 N–H and O–H groups in total. The molecule has 0 saturated carbocycles. The maximum absolute atomic E-state index is 13.2. The van der Waals surface area contributed by atoms with Crippen LogP contribution in [0, 0.1) is 15.5 Å². The van der Waals surface area contributed by atoms with Crippen LogP contribution in [0.2, 0.25) is 0 Å². The number of halogens is 2. The van der Waals surface area contributed by atoms with Gasteiger partial charge in [-0.3, -0.25) is 10.1 Å². The normalized spacial score (nSPS) is 20.4. The molecule has 2 aliphatic rings. The summed E-state index contributed by atoms with van der Waals surface area (Å²) in [5.74, 6) is 0. The number of nitrogens with zero attached hydrogens (tertiary/aromatic N) is 2. The van der Waals surface area contributed by atoms with Gasteiger partial charge in [-0.2, -0.15) is 0 Å². The van der Waals surface area contributed by atoms with Crippen molar-refractivity contribution in [2.75, 3.05) is 37.9 Å². The van der Waals surface area contributed by atoms with E-state index in [1.165, 1.54) is 17.0 Å². The fourth-order valence-corrected chi connectivity index (χ4v) is 3.55. The summed E-state index contributed by atoms with van der Waals surface area (Å²) in [6.07, 6.45) is -1.50. The maximum atomic E-state index is 13.2. The Bertz CT molecular complexity index is 691. The third-order valence-electron chi connectivity index (χ3n) is 4.99. The Morgan fingerprint density at radius 1 is 1.29 bits per heavy atom. The quantitative estimate of drug-likeness (QED) is 0.417. The lowest BCUT2D eigenvalue weighted by Gasteiger charge is -2.36. The Labute approximate surface area is 163 Å². The zero-order chi connectivity index (χ0) is 20.3. The van der Waals surface area contributed by atoms with E-state index in [9.17, 15) is 18.9 Å². The molecule has 0 aromatic heterocycles. The van der Waals surface area contributed by atoms with Crippen molar-refractivity contribution in [3.8, 4) is 0 Å². The van der Waals surface area contributed by atoms with Crippen LogP contribution in [0.25, 0.3) is 0 Å². The second kappa shape index (κ2) is 8.71. The predicted molar refractivity (Wildman–Crippen MR) is 101 cm³/mol. The van der Waals surface area contributed by atoms with Crippen molar-refractivity contribution in [1.82, 2.24) is 0 Å². The Kier molecular flexibility index (Phi) is 6.52. The van der Waals surface area contributed by atoms with Crippen molar-refractivity contribution >= 4 is 24.0 Å². The smallest absolute Gasteiger partial charge is 0.407 e. The van der Waals surface area contributed by atoms with E-state index in [2.05, 4.69) is 0 Å². The number of nitro benzene ring substituents is 1. The van der Waals surface area contributed by atoms with Crippen molar-refractivity contribution < 1.29 is 27.7 Å². The highest BCUT2D eigenvalue weighted by atomic mass is 19.3. The van der Waals surface area contributed by atoms with Crippen molar-refractivity contribution in [2.24, 2.45) is 5.41 Å². The van der Waals surface area contributed by atoms with Gasteiger partial charge in [0, 0.05) is 44.0 Å². The van der Waals surface area contributed by atoms with Gasteiger partial charge in [-0.05, 0) is 24.4 Å². The fourth-order valence-electron chi connectivity index (χ4n) is 3.55. The minimum Gasteiger partial charge on any atom is -0.407 e. The van der Waals surface area contributed by atoms with Gasteiger partial charge < -0.3 is 18.9 Å². The van der Waals surface area contributed by atoms with Crippen molar-refractivity contribution in [2.45, 2.75) is 39.2 Å². The number of nitro groups is 1. The van der Waals surface area contributed by atoms with E-state index in [0.29, 0.717) is 44.7 Å². The third-order valence-corrected chi connectivity index (χ3v) is 4.99. The number of alkyl halides is 2. The largest absolute Gasteiger partial charge is 0.494 e. The minimum absolute atomic E-state index is 0.126. The van der Waals surface area contributed by atoms with Crippen LogP contribution >= 0.6 is 0 Å². The van der Waals surface area contributed by atoms with Crippen LogP contribution in [0.15, 0.2) is 18.2 Å². The van der Waals surface area contributed by atoms with Gasteiger partial charge in [-0.15, -0.1) is 0 Å². The number of ether oxygens (including phenoxy) is 1. The predicted octanol–water partition coefficient (Wildman–Crippen LogP) is 2.61. The zero-order valence-corrected chi connectivity index (χ0v) is 16.1. The lowest BCUT2D eigenvalue weighted by Crippen LogP contribution is -2.47. The van der Waals surface area contributed by atoms with Crippen LogP contribution in [-0.4, -0.2) is 57.5 Å². The van der Waals surface area contributed by atoms with Crippen LogP contribution in [-0.2, 0) is 14.0 Å². The summed E-state index contributed by atoms with van der Waals surface area (Å²) >= 11 is 0. The highest BCUT2D eigenvalue weighted by Gasteiger charge is 2.36. The lowest BCUT2D eigenvalue weighted by atomic mass is 9.75. The van der Waals surface area contributed by atoms with Crippen LogP contribution in [0.5, 0.6) is 0 Å². The molecule has 7 nitrogen and oxygen atoms in total. The highest BCUT2D eigenvalue weighted by molar-refractivity contribution is 6.61. The average Bonchev–Trinajstić information content (AvgIpc) is 2.66. The van der Waals surface area contributed by atoms with Crippen LogP contribution in [0.1, 0.15) is 26.7 Å². The summed E-state index contributed by atoms with van der Waals surface area (Å²) in [6.45, 7) is 5.29. The van der Waals surface area contributed by atoms with E-state index >= 15 is 0 Å². The molecule has 3 rings (SSSR count). The molecule has 0 atom stereocenters. The third kappa shape index (κ3) is 4.98. The molecule has 154 valence electrons. The average molecular weight is 398 g/mol. The van der Waals surface area contributed by atoms with Gasteiger partial charge in [0.15, 0.2) is 0 Å². The molecular weight excluding hydrogens is 373 g/mol. The monoisotopic (exact) mass is 398 g/mol. The molecule has 2 saturated heterocycles. The molecule has 0 unspecified atom stereocenters. The van der Waals surface area contributed by atoms with E-state index in [1.54, 1.807) is 6.07 Å². The van der Waals surface area contributed by atoms with Gasteiger partial charge >= 0.3 is 7.12 Å². The molecule has 2 aliphatic heterocycles. The number of hydrogen-bond donors (Lipinski definition) is 0. The second-order valence-corrected chi connectivity index (χ2v) is 8.01. The second-order valence-electron chi connectivity index (χ2n) is 8.01. The summed E-state index contributed by atoms with van der Waals surface area (Å²) < 4.78 is 43.1. The van der Waals surface area contributed by atoms with E-state index in [-0.39, 0.29) is 22.8 Å². The van der Waals surface area contributed by atoms with Gasteiger partial charge in [0.05, 0.1) is 11.5 Å². The molecule has 0 aliphatic carbocycles.